The van der Waals surface area contributed by atoms with Crippen LogP contribution in [0.15, 0.2) is 15.8 Å². The minimum Gasteiger partial charge on any atom is -1.00 e. The van der Waals surface area contributed by atoms with Gasteiger partial charge in [0, 0.05) is 30.0 Å². The topological polar surface area (TPSA) is 129 Å². The smallest absolute Gasteiger partial charge is 1.00 e. The number of thioether (sulfide) groups is 1. The molecule has 3 unspecified atom stereocenters. The Hall–Kier alpha value is -0.0100. The first-order valence-corrected chi connectivity index (χ1v) is 21.1. The number of H-pyrrole nitrogens is 1. The van der Waals surface area contributed by atoms with Crippen LogP contribution in [0.2, 0.25) is 0 Å². The number of aromatic amines is 1. The zero-order valence-electron chi connectivity index (χ0n) is 32.0. The van der Waals surface area contributed by atoms with Crippen LogP contribution >= 0.6 is 19.6 Å². The molecular weight excluding hydrogens is 681 g/mol. The normalized spacial score (nSPS) is 20.2. The number of nitrogens with one attached hydrogen (secondary N) is 1. The molecule has 1 aromatic heterocycles. The molecule has 1 fully saturated rings. The molecule has 10 nitrogen and oxygen atoms in total. The van der Waals surface area contributed by atoms with Gasteiger partial charge in [-0.2, -0.15) is 11.8 Å². The van der Waals surface area contributed by atoms with Crippen LogP contribution in [0.1, 0.15) is 150 Å². The number of hydrogen-bond acceptors (Lipinski definition) is 8. The first-order chi connectivity index (χ1) is 23.1. The Morgan fingerprint density at radius 2 is 1.57 bits per heavy atom. The molecule has 49 heavy (non-hydrogen) atoms. The molecule has 0 bridgehead atoms. The molecule has 0 aromatic carbocycles. The van der Waals surface area contributed by atoms with Gasteiger partial charge in [-0.05, 0) is 38.9 Å². The van der Waals surface area contributed by atoms with E-state index < -0.39 is 44.2 Å². The first-order valence-electron chi connectivity index (χ1n) is 18.5. The summed E-state index contributed by atoms with van der Waals surface area (Å²) >= 11 is 2.02. The average Bonchev–Trinajstić information content (AvgIpc) is 3.42. The summed E-state index contributed by atoms with van der Waals surface area (Å²) in [5.74, 6) is 1.14. The van der Waals surface area contributed by atoms with Crippen molar-refractivity contribution >= 4 is 19.6 Å². The fraction of sp³-hybridized carbons (Fsp3) is 0.886. The average molecular weight is 747 g/mol. The molecule has 0 radical (unpaired) electrons. The van der Waals surface area contributed by atoms with E-state index in [1.807, 2.05) is 11.8 Å². The second-order valence-corrected chi connectivity index (χ2v) is 16.0. The maximum Gasteiger partial charge on any atom is 1.00 e. The van der Waals surface area contributed by atoms with Gasteiger partial charge in [0.2, 0.25) is 0 Å². The number of rotatable bonds is 29. The zero-order valence-corrected chi connectivity index (χ0v) is 34.7. The van der Waals surface area contributed by atoms with Crippen molar-refractivity contribution in [2.75, 3.05) is 25.6 Å². The number of ether oxygens (including phenoxy) is 2. The Morgan fingerprint density at radius 3 is 2.20 bits per heavy atom. The fourth-order valence-corrected chi connectivity index (χ4v) is 7.98. The van der Waals surface area contributed by atoms with Gasteiger partial charge in [0.15, 0.2) is 0 Å². The molecule has 6 atom stereocenters. The van der Waals surface area contributed by atoms with Gasteiger partial charge in [-0.25, -0.2) is 13.8 Å². The van der Waals surface area contributed by atoms with E-state index in [1.54, 1.807) is 0 Å². The van der Waals surface area contributed by atoms with Crippen LogP contribution < -0.4 is 40.8 Å². The summed E-state index contributed by atoms with van der Waals surface area (Å²) in [7, 11) is -4.45. The molecule has 0 saturated carbocycles. The van der Waals surface area contributed by atoms with E-state index in [-0.39, 0.29) is 55.7 Å². The number of aryl methyl sites for hydroxylation is 1. The monoisotopic (exact) mass is 746 g/mol. The molecule has 1 saturated heterocycles. The van der Waals surface area contributed by atoms with Crippen molar-refractivity contribution in [3.63, 3.8) is 0 Å². The van der Waals surface area contributed by atoms with E-state index in [0.717, 1.165) is 16.7 Å². The van der Waals surface area contributed by atoms with Gasteiger partial charge in [0.1, 0.15) is 18.5 Å². The van der Waals surface area contributed by atoms with Crippen LogP contribution in [0.5, 0.6) is 0 Å². The third-order valence-electron chi connectivity index (χ3n) is 8.89. The van der Waals surface area contributed by atoms with Crippen LogP contribution in [0.4, 0.5) is 4.39 Å². The van der Waals surface area contributed by atoms with E-state index in [9.17, 15) is 23.4 Å². The van der Waals surface area contributed by atoms with Crippen molar-refractivity contribution in [1.82, 2.24) is 9.55 Å². The van der Waals surface area contributed by atoms with Crippen LogP contribution in [0.3, 0.4) is 0 Å². The van der Waals surface area contributed by atoms with Gasteiger partial charge >= 0.3 is 43.1 Å². The van der Waals surface area contributed by atoms with Gasteiger partial charge in [0.25, 0.3) is 5.56 Å². The van der Waals surface area contributed by atoms with Crippen LogP contribution in [-0.4, -0.2) is 63.6 Å². The number of phosphoric ester groups is 1. The summed E-state index contributed by atoms with van der Waals surface area (Å²) in [6.07, 6.45) is 18.6. The Morgan fingerprint density at radius 1 is 0.980 bits per heavy atom. The molecule has 0 amide bonds. The Kier molecular flexibility index (Phi) is 26.5. The third kappa shape index (κ3) is 20.1. The van der Waals surface area contributed by atoms with Gasteiger partial charge in [-0.15, -0.1) is 0 Å². The molecule has 1 aliphatic rings. The molecule has 2 heterocycles. The minimum atomic E-state index is -4.45. The van der Waals surface area contributed by atoms with Crippen molar-refractivity contribution in [1.29, 1.82) is 0 Å². The summed E-state index contributed by atoms with van der Waals surface area (Å²) in [6.45, 7) is 7.95. The SMILES string of the molecule is CCCCCCCCCCCCSC(CCCCCCC)C(C)OCCCOP(=O)(O)OC[C@H]1O[C@@H](n2cc(C)c(=O)[nH]c2=O)C[C@@H]1F.[H-].[Na+]. The van der Waals surface area contributed by atoms with Crippen molar-refractivity contribution in [2.24, 2.45) is 0 Å². The number of nitrogens with zero attached hydrogens (tertiary/aromatic N) is 1. The Balaban J connectivity index is 0.0000120. The molecule has 282 valence electrons. The summed E-state index contributed by atoms with van der Waals surface area (Å²) < 4.78 is 50.0. The second-order valence-electron chi connectivity index (χ2n) is 13.2. The van der Waals surface area contributed by atoms with Gasteiger partial charge in [0.05, 0.1) is 19.3 Å². The Labute approximate surface area is 322 Å². The van der Waals surface area contributed by atoms with E-state index in [0.29, 0.717) is 18.3 Å². The van der Waals surface area contributed by atoms with Crippen LogP contribution in [-0.2, 0) is 23.1 Å². The number of hydrogen-bond donors (Lipinski definition) is 2. The minimum absolute atomic E-state index is 0. The third-order valence-corrected chi connectivity index (χ3v) is 11.4. The molecule has 1 aromatic rings. The molecule has 14 heteroatoms. The van der Waals surface area contributed by atoms with Crippen LogP contribution in [0, 0.1) is 6.92 Å². The number of aromatic nitrogens is 2. The van der Waals surface area contributed by atoms with Crippen molar-refractivity contribution in [2.45, 2.75) is 173 Å². The molecule has 2 rings (SSSR count). The van der Waals surface area contributed by atoms with Crippen LogP contribution in [0.25, 0.3) is 0 Å². The van der Waals surface area contributed by atoms with Crippen molar-refractivity contribution in [3.05, 3.63) is 32.6 Å². The standard InChI is InChI=1S/C35H64FN2O8PS.Na.H/c1-5-7-9-11-12-13-14-15-17-19-24-48-32(21-18-16-10-8-6-2)29(4)43-22-20-23-44-47(41,42)45-27-31-30(36)25-33(46-31)38-26-28(3)34(39)37-35(38)40;;/h26,29-33H,5-25,27H2,1-4H3,(H,41,42)(H,37,39,40);;/q;+1;-1/t29?,30-,31+,32?,33+;;/m0../s1. The maximum atomic E-state index is 14.6. The first kappa shape index (κ1) is 47.0. The fourth-order valence-electron chi connectivity index (χ4n) is 5.86. The number of unbranched alkanes of at least 4 members (excludes halogenated alkanes) is 13. The Bertz CT molecular complexity index is 1170. The zero-order chi connectivity index (χ0) is 35.2. The molecule has 1 aliphatic heterocycles. The van der Waals surface area contributed by atoms with Gasteiger partial charge in [-0.1, -0.05) is 104 Å². The van der Waals surface area contributed by atoms with Gasteiger partial charge in [-0.3, -0.25) is 23.4 Å². The summed E-state index contributed by atoms with van der Waals surface area (Å²) in [6, 6.07) is 0. The molecule has 0 spiro atoms. The number of alkyl halides is 1. The quantitative estimate of drug-likeness (QED) is 0.0585. The van der Waals surface area contributed by atoms with E-state index in [4.69, 9.17) is 18.5 Å². The number of phosphoric acid groups is 1. The predicted octanol–water partition coefficient (Wildman–Crippen LogP) is 5.90. The van der Waals surface area contributed by atoms with E-state index in [1.165, 1.54) is 109 Å². The molecule has 0 aliphatic carbocycles. The second kappa shape index (κ2) is 27.6. The summed E-state index contributed by atoms with van der Waals surface area (Å²) in [4.78, 5) is 36.1. The van der Waals surface area contributed by atoms with E-state index >= 15 is 0 Å². The summed E-state index contributed by atoms with van der Waals surface area (Å²) in [5.41, 5.74) is -0.968. The number of halogens is 1. The van der Waals surface area contributed by atoms with E-state index in [2.05, 4.69) is 25.8 Å². The molecule has 2 N–H and O–H groups in total. The van der Waals surface area contributed by atoms with Crippen molar-refractivity contribution < 1.29 is 63.4 Å². The summed E-state index contributed by atoms with van der Waals surface area (Å²) in [5, 5.41) is 0.415. The predicted molar refractivity (Wildman–Crippen MR) is 194 cm³/mol. The molecular formula is C35H65FN2NaO8PS. The largest absolute Gasteiger partial charge is 1.00 e. The van der Waals surface area contributed by atoms with Gasteiger partial charge < -0.3 is 15.8 Å². The maximum absolute atomic E-state index is 14.6. The van der Waals surface area contributed by atoms with Crippen molar-refractivity contribution in [3.8, 4) is 0 Å².